The van der Waals surface area contributed by atoms with Gasteiger partial charge < -0.3 is 14.4 Å². The van der Waals surface area contributed by atoms with Crippen LogP contribution in [0, 0.1) is 11.8 Å². The fraction of sp³-hybridized carbons (Fsp3) is 0.435. The number of nitrogens with one attached hydrogen (secondary N) is 2. The molecule has 3 aromatic rings. The minimum absolute atomic E-state index is 0.180. The molecule has 2 aromatic heterocycles. The molecule has 1 aromatic carbocycles. The lowest BCUT2D eigenvalue weighted by Gasteiger charge is -2.35. The molecule has 0 spiro atoms. The van der Waals surface area contributed by atoms with Gasteiger partial charge in [-0.05, 0) is 56.1 Å². The second-order valence-corrected chi connectivity index (χ2v) is 8.29. The predicted molar refractivity (Wildman–Crippen MR) is 112 cm³/mol. The van der Waals surface area contributed by atoms with E-state index in [1.54, 1.807) is 6.20 Å². The number of fused-ring (bicyclic) bond motifs is 1. The number of hydrogen-bond donors (Lipinski definition) is 3. The molecule has 0 radical (unpaired) electrons. The number of furan rings is 1. The van der Waals surface area contributed by atoms with Crippen molar-refractivity contribution >= 4 is 11.0 Å². The van der Waals surface area contributed by atoms with Crippen molar-refractivity contribution in [3.8, 4) is 0 Å². The summed E-state index contributed by atoms with van der Waals surface area (Å²) in [5, 5.41) is 11.8. The number of para-hydroxylation sites is 1. The first kappa shape index (κ1) is 18.8. The van der Waals surface area contributed by atoms with E-state index in [9.17, 15) is 5.11 Å². The second kappa shape index (κ2) is 8.24. The molecule has 0 bridgehead atoms. The zero-order valence-electron chi connectivity index (χ0n) is 16.5. The molecule has 0 aliphatic carbocycles. The van der Waals surface area contributed by atoms with E-state index in [0.29, 0.717) is 5.92 Å². The normalized spacial score (nSPS) is 24.9. The van der Waals surface area contributed by atoms with Crippen LogP contribution in [0.1, 0.15) is 36.4 Å². The maximum absolute atomic E-state index is 10.7. The summed E-state index contributed by atoms with van der Waals surface area (Å²) in [6.45, 7) is 3.97. The van der Waals surface area contributed by atoms with Crippen LogP contribution >= 0.6 is 0 Å². The Bertz CT molecular complexity index is 903. The van der Waals surface area contributed by atoms with Crippen molar-refractivity contribution in [1.82, 2.24) is 20.7 Å². The maximum Gasteiger partial charge on any atom is 0.134 e. The quantitative estimate of drug-likeness (QED) is 0.620. The Hall–Kier alpha value is -2.25. The minimum atomic E-state index is -0.462. The van der Waals surface area contributed by atoms with E-state index in [1.165, 1.54) is 0 Å². The van der Waals surface area contributed by atoms with Crippen molar-refractivity contribution in [2.75, 3.05) is 26.2 Å². The number of rotatable bonds is 5. The van der Waals surface area contributed by atoms with Crippen LogP contribution in [0.3, 0.4) is 0 Å². The smallest absolute Gasteiger partial charge is 0.134 e. The lowest BCUT2D eigenvalue weighted by atomic mass is 9.88. The summed E-state index contributed by atoms with van der Waals surface area (Å²) in [5.41, 5.74) is 8.46. The number of benzene rings is 1. The summed E-state index contributed by atoms with van der Waals surface area (Å²) in [7, 11) is 0. The highest BCUT2D eigenvalue weighted by atomic mass is 16.3. The summed E-state index contributed by atoms with van der Waals surface area (Å²) in [6, 6.07) is 16.3. The molecule has 2 saturated heterocycles. The van der Waals surface area contributed by atoms with Gasteiger partial charge in [-0.1, -0.05) is 24.3 Å². The molecule has 5 rings (SSSR count). The summed E-state index contributed by atoms with van der Waals surface area (Å²) in [6.07, 6.45) is 3.30. The molecule has 0 amide bonds. The molecule has 2 fully saturated rings. The molecule has 29 heavy (non-hydrogen) atoms. The Labute approximate surface area is 170 Å². The third kappa shape index (κ3) is 3.94. The monoisotopic (exact) mass is 392 g/mol. The van der Waals surface area contributed by atoms with E-state index in [2.05, 4.69) is 32.9 Å². The van der Waals surface area contributed by atoms with E-state index in [1.807, 2.05) is 36.4 Å². The molecule has 4 heterocycles. The van der Waals surface area contributed by atoms with E-state index >= 15 is 0 Å². The zero-order chi connectivity index (χ0) is 19.6. The van der Waals surface area contributed by atoms with Gasteiger partial charge in [0.05, 0.1) is 17.8 Å². The van der Waals surface area contributed by atoms with Crippen LogP contribution in [-0.2, 0) is 0 Å². The van der Waals surface area contributed by atoms with Crippen molar-refractivity contribution in [2.45, 2.75) is 25.0 Å². The average molecular weight is 393 g/mol. The first-order valence-electron chi connectivity index (χ1n) is 10.6. The minimum Gasteiger partial charge on any atom is -0.459 e. The molecular weight excluding hydrogens is 364 g/mol. The van der Waals surface area contributed by atoms with Gasteiger partial charge in [0, 0.05) is 30.6 Å². The third-order valence-corrected chi connectivity index (χ3v) is 6.41. The number of likely N-dealkylation sites (tertiary alicyclic amines) is 1. The lowest BCUT2D eigenvalue weighted by molar-refractivity contribution is 0.0512. The van der Waals surface area contributed by atoms with E-state index in [0.717, 1.165) is 61.4 Å². The van der Waals surface area contributed by atoms with Gasteiger partial charge in [-0.3, -0.25) is 10.4 Å². The average Bonchev–Trinajstić information content (AvgIpc) is 3.41. The number of hydrazine groups is 1. The number of aliphatic hydroxyl groups is 1. The highest BCUT2D eigenvalue weighted by molar-refractivity contribution is 5.77. The van der Waals surface area contributed by atoms with Gasteiger partial charge in [-0.15, -0.1) is 0 Å². The van der Waals surface area contributed by atoms with Crippen molar-refractivity contribution in [3.63, 3.8) is 0 Å². The van der Waals surface area contributed by atoms with Gasteiger partial charge in [0.2, 0.25) is 0 Å². The van der Waals surface area contributed by atoms with Gasteiger partial charge >= 0.3 is 0 Å². The van der Waals surface area contributed by atoms with Gasteiger partial charge in [-0.25, -0.2) is 5.43 Å². The Kier molecular flexibility index (Phi) is 5.33. The molecule has 2 aliphatic heterocycles. The van der Waals surface area contributed by atoms with Crippen LogP contribution in [0.25, 0.3) is 11.0 Å². The van der Waals surface area contributed by atoms with Gasteiger partial charge in [-0.2, -0.15) is 0 Å². The van der Waals surface area contributed by atoms with Gasteiger partial charge in [0.25, 0.3) is 0 Å². The first-order valence-corrected chi connectivity index (χ1v) is 10.6. The molecule has 2 aliphatic rings. The molecular formula is C23H28N4O2. The van der Waals surface area contributed by atoms with Crippen LogP contribution < -0.4 is 10.9 Å². The molecule has 6 nitrogen and oxygen atoms in total. The van der Waals surface area contributed by atoms with Crippen LogP contribution in [-0.4, -0.2) is 41.2 Å². The second-order valence-electron chi connectivity index (χ2n) is 8.29. The van der Waals surface area contributed by atoms with Crippen molar-refractivity contribution in [2.24, 2.45) is 11.8 Å². The van der Waals surface area contributed by atoms with Crippen LogP contribution in [0.5, 0.6) is 0 Å². The molecule has 3 N–H and O–H groups in total. The lowest BCUT2D eigenvalue weighted by Crippen LogP contribution is -2.40. The Balaban J connectivity index is 1.20. The Morgan fingerprint density at radius 2 is 1.97 bits per heavy atom. The van der Waals surface area contributed by atoms with Crippen LogP contribution in [0.2, 0.25) is 0 Å². The van der Waals surface area contributed by atoms with Gasteiger partial charge in [0.1, 0.15) is 11.3 Å². The summed E-state index contributed by atoms with van der Waals surface area (Å²) in [5.74, 6) is 1.74. The standard InChI is InChI=1S/C23H28N4O2/c28-23(19-6-3-4-10-24-19)16-8-11-27(12-9-16)15-18-14-25-26-22(18)21-13-17-5-1-2-7-20(17)29-21/h1-7,10,13,16,18,22-23,25-26,28H,8-9,11-12,14-15H2. The van der Waals surface area contributed by atoms with Crippen molar-refractivity contribution in [3.05, 3.63) is 66.2 Å². The predicted octanol–water partition coefficient (Wildman–Crippen LogP) is 3.04. The number of pyridine rings is 1. The molecule has 0 saturated carbocycles. The topological polar surface area (TPSA) is 73.6 Å². The Morgan fingerprint density at radius 3 is 2.76 bits per heavy atom. The third-order valence-electron chi connectivity index (χ3n) is 6.41. The number of aromatic nitrogens is 1. The fourth-order valence-corrected chi connectivity index (χ4v) is 4.74. The molecule has 152 valence electrons. The number of aliphatic hydroxyl groups excluding tert-OH is 1. The first-order chi connectivity index (χ1) is 14.3. The summed E-state index contributed by atoms with van der Waals surface area (Å²) >= 11 is 0. The van der Waals surface area contributed by atoms with Gasteiger partial charge in [0.15, 0.2) is 0 Å². The Morgan fingerprint density at radius 1 is 1.14 bits per heavy atom. The summed E-state index contributed by atoms with van der Waals surface area (Å²) in [4.78, 5) is 6.85. The molecule has 6 heteroatoms. The highest BCUT2D eigenvalue weighted by Gasteiger charge is 2.34. The van der Waals surface area contributed by atoms with Crippen LogP contribution in [0.4, 0.5) is 0 Å². The van der Waals surface area contributed by atoms with Crippen molar-refractivity contribution in [1.29, 1.82) is 0 Å². The fourth-order valence-electron chi connectivity index (χ4n) is 4.74. The van der Waals surface area contributed by atoms with E-state index in [4.69, 9.17) is 4.42 Å². The maximum atomic E-state index is 10.7. The molecule has 3 atom stereocenters. The van der Waals surface area contributed by atoms with Crippen LogP contribution in [0.15, 0.2) is 59.1 Å². The summed E-state index contributed by atoms with van der Waals surface area (Å²) < 4.78 is 6.11. The molecule has 3 unspecified atom stereocenters. The largest absolute Gasteiger partial charge is 0.459 e. The number of hydrogen-bond acceptors (Lipinski definition) is 6. The van der Waals surface area contributed by atoms with E-state index < -0.39 is 6.10 Å². The SMILES string of the molecule is OC(c1ccccn1)C1CCN(CC2CNNC2c2cc3ccccc3o2)CC1. The zero-order valence-corrected chi connectivity index (χ0v) is 16.5. The van der Waals surface area contributed by atoms with E-state index in [-0.39, 0.29) is 12.0 Å². The number of piperidine rings is 1. The van der Waals surface area contributed by atoms with Crippen molar-refractivity contribution < 1.29 is 9.52 Å². The highest BCUT2D eigenvalue weighted by Crippen LogP contribution is 2.33. The number of nitrogens with zero attached hydrogens (tertiary/aromatic N) is 2.